The van der Waals surface area contributed by atoms with Crippen LogP contribution in [0.4, 0.5) is 0 Å². The molecule has 0 aromatic carbocycles. The van der Waals surface area contributed by atoms with E-state index >= 15 is 0 Å². The molecule has 17 heavy (non-hydrogen) atoms. The van der Waals surface area contributed by atoms with Gasteiger partial charge >= 0.3 is 5.97 Å². The van der Waals surface area contributed by atoms with Crippen molar-refractivity contribution < 1.29 is 19.2 Å². The molecule has 2 aliphatic rings. The van der Waals surface area contributed by atoms with Gasteiger partial charge in [-0.05, 0) is 27.2 Å². The first-order chi connectivity index (χ1) is 7.95. The molecule has 2 atom stereocenters. The average Bonchev–Trinajstić information content (AvgIpc) is 2.56. The molecule has 2 heterocycles. The molecule has 0 spiro atoms. The maximum atomic E-state index is 11.8. The summed E-state index contributed by atoms with van der Waals surface area (Å²) in [4.78, 5) is 28.6. The highest BCUT2D eigenvalue weighted by Crippen LogP contribution is 2.35. The fraction of sp³-hybridized carbons (Fsp3) is 0.727. The zero-order chi connectivity index (χ0) is 12.6. The van der Waals surface area contributed by atoms with Crippen molar-refractivity contribution in [2.24, 2.45) is 11.1 Å². The number of oxime groups is 1. The normalized spacial score (nSPS) is 29.8. The second-order valence-corrected chi connectivity index (χ2v) is 4.74. The van der Waals surface area contributed by atoms with Crippen molar-refractivity contribution in [2.45, 2.75) is 38.8 Å². The molecule has 0 radical (unpaired) electrons. The lowest BCUT2D eigenvalue weighted by Gasteiger charge is -2.31. The van der Waals surface area contributed by atoms with Gasteiger partial charge < -0.3 is 14.9 Å². The molecule has 2 aliphatic heterocycles. The Hall–Kier alpha value is -1.59. The van der Waals surface area contributed by atoms with Gasteiger partial charge in [0.25, 0.3) is 5.91 Å². The zero-order valence-electron chi connectivity index (χ0n) is 10.1. The average molecular weight is 240 g/mol. The van der Waals surface area contributed by atoms with Crippen LogP contribution in [0.1, 0.15) is 27.2 Å². The number of nitrogens with zero attached hydrogens (tertiary/aromatic N) is 1. The van der Waals surface area contributed by atoms with Gasteiger partial charge in [-0.2, -0.15) is 0 Å². The highest BCUT2D eigenvalue weighted by molar-refractivity contribution is 6.41. The molecule has 0 bridgehead atoms. The molecule has 94 valence electrons. The maximum absolute atomic E-state index is 11.8. The van der Waals surface area contributed by atoms with Crippen LogP contribution >= 0.6 is 0 Å². The number of esters is 1. The zero-order valence-corrected chi connectivity index (χ0v) is 10.1. The number of amides is 1. The predicted molar refractivity (Wildman–Crippen MR) is 59.3 cm³/mol. The monoisotopic (exact) mass is 240 g/mol. The summed E-state index contributed by atoms with van der Waals surface area (Å²) in [5.74, 6) is -0.905. The summed E-state index contributed by atoms with van der Waals surface area (Å²) < 4.78 is 4.91. The van der Waals surface area contributed by atoms with Crippen LogP contribution in [0.5, 0.6) is 0 Å². The first-order valence-corrected chi connectivity index (χ1v) is 5.69. The highest BCUT2D eigenvalue weighted by atomic mass is 16.7. The van der Waals surface area contributed by atoms with Crippen molar-refractivity contribution in [1.29, 1.82) is 0 Å². The smallest absolute Gasteiger partial charge is 0.328 e. The van der Waals surface area contributed by atoms with E-state index in [1.807, 2.05) is 13.8 Å². The Kier molecular flexibility index (Phi) is 2.81. The van der Waals surface area contributed by atoms with Gasteiger partial charge in [-0.3, -0.25) is 4.79 Å². The fourth-order valence-corrected chi connectivity index (χ4v) is 2.14. The first kappa shape index (κ1) is 11.9. The summed E-state index contributed by atoms with van der Waals surface area (Å²) >= 11 is 0. The molecule has 0 saturated carbocycles. The molecule has 0 aromatic rings. The standard InChI is InChI=1S/C11H16N2O4/c1-4-16-10(15)7-5-6-8(9(14)12-7)13-17-11(6,2)3/h6-7H,4-5H2,1-3H3,(H,12,14)/t6-,7-/m1/s1. The maximum Gasteiger partial charge on any atom is 0.328 e. The van der Waals surface area contributed by atoms with E-state index in [0.29, 0.717) is 18.7 Å². The summed E-state index contributed by atoms with van der Waals surface area (Å²) in [6, 6.07) is -0.604. The Labute approximate surface area is 99.3 Å². The van der Waals surface area contributed by atoms with Crippen molar-refractivity contribution in [3.8, 4) is 0 Å². The lowest BCUT2D eigenvalue weighted by Crippen LogP contribution is -2.55. The molecule has 0 unspecified atom stereocenters. The molecule has 6 nitrogen and oxygen atoms in total. The van der Waals surface area contributed by atoms with Crippen molar-refractivity contribution >= 4 is 17.6 Å². The van der Waals surface area contributed by atoms with Gasteiger partial charge in [-0.25, -0.2) is 4.79 Å². The van der Waals surface area contributed by atoms with Gasteiger partial charge in [0.05, 0.1) is 12.5 Å². The lowest BCUT2D eigenvalue weighted by molar-refractivity contribution is -0.148. The highest BCUT2D eigenvalue weighted by Gasteiger charge is 2.49. The van der Waals surface area contributed by atoms with E-state index in [1.165, 1.54) is 0 Å². The van der Waals surface area contributed by atoms with Gasteiger partial charge in [0.15, 0.2) is 5.71 Å². The summed E-state index contributed by atoms with van der Waals surface area (Å²) in [6.07, 6.45) is 0.469. The first-order valence-electron chi connectivity index (χ1n) is 5.69. The molecular formula is C11H16N2O4. The van der Waals surface area contributed by atoms with E-state index in [4.69, 9.17) is 9.57 Å². The van der Waals surface area contributed by atoms with Crippen LogP contribution in [-0.2, 0) is 19.2 Å². The summed E-state index contributed by atoms with van der Waals surface area (Å²) in [5, 5.41) is 6.37. The van der Waals surface area contributed by atoms with Crippen LogP contribution in [0.15, 0.2) is 5.16 Å². The predicted octanol–water partition coefficient (Wildman–Crippen LogP) is 0.219. The largest absolute Gasteiger partial charge is 0.464 e. The van der Waals surface area contributed by atoms with Crippen molar-refractivity contribution in [3.63, 3.8) is 0 Å². The van der Waals surface area contributed by atoms with E-state index in [0.717, 1.165) is 0 Å². The Morgan fingerprint density at radius 3 is 3.00 bits per heavy atom. The van der Waals surface area contributed by atoms with Gasteiger partial charge in [0.1, 0.15) is 11.6 Å². The molecular weight excluding hydrogens is 224 g/mol. The van der Waals surface area contributed by atoms with Crippen molar-refractivity contribution in [1.82, 2.24) is 5.32 Å². The number of fused-ring (bicyclic) bond motifs is 1. The third kappa shape index (κ3) is 1.99. The number of hydrogen-bond acceptors (Lipinski definition) is 5. The number of rotatable bonds is 2. The topological polar surface area (TPSA) is 77.0 Å². The van der Waals surface area contributed by atoms with Gasteiger partial charge in [-0.1, -0.05) is 5.16 Å². The molecule has 0 aliphatic carbocycles. The second-order valence-electron chi connectivity index (χ2n) is 4.74. The molecule has 1 fully saturated rings. The van der Waals surface area contributed by atoms with Gasteiger partial charge in [-0.15, -0.1) is 0 Å². The van der Waals surface area contributed by atoms with Crippen LogP contribution in [0.25, 0.3) is 0 Å². The third-order valence-electron chi connectivity index (χ3n) is 3.13. The minimum atomic E-state index is -0.604. The Morgan fingerprint density at radius 2 is 2.35 bits per heavy atom. The Morgan fingerprint density at radius 1 is 1.65 bits per heavy atom. The quantitative estimate of drug-likeness (QED) is 0.700. The van der Waals surface area contributed by atoms with E-state index in [1.54, 1.807) is 6.92 Å². The van der Waals surface area contributed by atoms with E-state index in [2.05, 4.69) is 10.5 Å². The summed E-state index contributed by atoms with van der Waals surface area (Å²) in [5.41, 5.74) is -0.173. The fourth-order valence-electron chi connectivity index (χ4n) is 2.14. The molecule has 0 aromatic heterocycles. The number of carbonyl (C=O) groups is 2. The number of hydrogen-bond donors (Lipinski definition) is 1. The number of carbonyl (C=O) groups excluding carboxylic acids is 2. The van der Waals surface area contributed by atoms with Crippen LogP contribution in [-0.4, -0.2) is 35.8 Å². The molecule has 2 rings (SSSR count). The summed E-state index contributed by atoms with van der Waals surface area (Å²) in [6.45, 7) is 5.75. The molecule has 1 amide bonds. The molecule has 1 N–H and O–H groups in total. The SMILES string of the molecule is CCOC(=O)[C@H]1C[C@@H]2C(=NOC2(C)C)C(=O)N1. The van der Waals surface area contributed by atoms with E-state index < -0.39 is 17.6 Å². The van der Waals surface area contributed by atoms with Crippen molar-refractivity contribution in [2.75, 3.05) is 6.61 Å². The van der Waals surface area contributed by atoms with Gasteiger partial charge in [0, 0.05) is 0 Å². The number of nitrogens with one attached hydrogen (secondary N) is 1. The third-order valence-corrected chi connectivity index (χ3v) is 3.13. The number of piperidine rings is 1. The van der Waals surface area contributed by atoms with Crippen LogP contribution in [0, 0.1) is 5.92 Å². The Balaban J connectivity index is 2.15. The van der Waals surface area contributed by atoms with Crippen LogP contribution in [0.3, 0.4) is 0 Å². The second kappa shape index (κ2) is 4.01. The molecule has 6 heteroatoms. The number of ether oxygens (including phenoxy) is 1. The molecule has 1 saturated heterocycles. The minimum Gasteiger partial charge on any atom is -0.464 e. The van der Waals surface area contributed by atoms with Gasteiger partial charge in [0.2, 0.25) is 0 Å². The Bertz CT molecular complexity index is 389. The minimum absolute atomic E-state index is 0.161. The van der Waals surface area contributed by atoms with Crippen LogP contribution < -0.4 is 5.32 Å². The lowest BCUT2D eigenvalue weighted by atomic mass is 9.80. The van der Waals surface area contributed by atoms with Crippen molar-refractivity contribution in [3.05, 3.63) is 0 Å². The summed E-state index contributed by atoms with van der Waals surface area (Å²) in [7, 11) is 0. The van der Waals surface area contributed by atoms with Crippen LogP contribution in [0.2, 0.25) is 0 Å². The van der Waals surface area contributed by atoms with E-state index in [-0.39, 0.29) is 11.8 Å². The van der Waals surface area contributed by atoms with E-state index in [9.17, 15) is 9.59 Å².